The average Bonchev–Trinajstić information content (AvgIpc) is 2.59. The smallest absolute Gasteiger partial charge is 0.255 e. The van der Waals surface area contributed by atoms with E-state index in [9.17, 15) is 9.59 Å². The van der Waals surface area contributed by atoms with Crippen LogP contribution in [0, 0.1) is 0 Å². The van der Waals surface area contributed by atoms with Crippen molar-refractivity contribution in [3.05, 3.63) is 27.2 Å². The number of amidine groups is 1. The predicted molar refractivity (Wildman–Crippen MR) is 70.2 cm³/mol. The highest BCUT2D eigenvalue weighted by Gasteiger charge is 2.28. The molecule has 0 bridgehead atoms. The van der Waals surface area contributed by atoms with E-state index in [0.29, 0.717) is 11.4 Å². The summed E-state index contributed by atoms with van der Waals surface area (Å²) in [7, 11) is 0. The largest absolute Gasteiger partial charge is 0.315 e. The Morgan fingerprint density at radius 2 is 1.89 bits per heavy atom. The van der Waals surface area contributed by atoms with E-state index in [1.54, 1.807) is 0 Å². The second-order valence-corrected chi connectivity index (χ2v) is 4.66. The van der Waals surface area contributed by atoms with Gasteiger partial charge in [0.25, 0.3) is 5.91 Å². The molecule has 1 N–H and O–H groups in total. The van der Waals surface area contributed by atoms with E-state index in [0.717, 1.165) is 5.01 Å². The molecular formula is C10H6Cl3N3O2. The van der Waals surface area contributed by atoms with Gasteiger partial charge in [0.1, 0.15) is 11.5 Å². The molecule has 1 aromatic carbocycles. The van der Waals surface area contributed by atoms with E-state index in [-0.39, 0.29) is 33.9 Å². The molecule has 5 nitrogen and oxygen atoms in total. The summed E-state index contributed by atoms with van der Waals surface area (Å²) in [4.78, 5) is 22.1. The lowest BCUT2D eigenvalue weighted by atomic mass is 10.3. The minimum absolute atomic E-state index is 0.0198. The Labute approximate surface area is 117 Å². The number of hydrogen-bond donors (Lipinski definition) is 1. The summed E-state index contributed by atoms with van der Waals surface area (Å²) in [5.41, 5.74) is 0.246. The van der Waals surface area contributed by atoms with Gasteiger partial charge in [0.05, 0.1) is 16.5 Å². The van der Waals surface area contributed by atoms with Crippen LogP contribution in [0.1, 0.15) is 6.42 Å². The van der Waals surface area contributed by atoms with Gasteiger partial charge in [-0.25, -0.2) is 0 Å². The number of carbonyl (C=O) groups is 2. The molecule has 0 aromatic heterocycles. The number of benzene rings is 1. The maximum Gasteiger partial charge on any atom is 0.255 e. The van der Waals surface area contributed by atoms with Gasteiger partial charge in [-0.15, -0.1) is 0 Å². The molecule has 18 heavy (non-hydrogen) atoms. The molecule has 8 heteroatoms. The quantitative estimate of drug-likeness (QED) is 0.853. The molecule has 0 radical (unpaired) electrons. The summed E-state index contributed by atoms with van der Waals surface area (Å²) in [6.07, 6.45) is 0.425. The summed E-state index contributed by atoms with van der Waals surface area (Å²) in [5.74, 6) is -0.109. The lowest BCUT2D eigenvalue weighted by molar-refractivity contribution is -0.116. The molecule has 1 aliphatic heterocycles. The fraction of sp³-hybridized carbons (Fsp3) is 0.100. The van der Waals surface area contributed by atoms with Crippen molar-refractivity contribution in [1.29, 1.82) is 0 Å². The summed E-state index contributed by atoms with van der Waals surface area (Å²) >= 11 is 17.7. The monoisotopic (exact) mass is 305 g/mol. The third kappa shape index (κ3) is 2.43. The molecule has 0 saturated carbocycles. The van der Waals surface area contributed by atoms with Crippen molar-refractivity contribution >= 4 is 58.6 Å². The van der Waals surface area contributed by atoms with E-state index >= 15 is 0 Å². The number of nitrogens with zero attached hydrogens (tertiary/aromatic N) is 2. The van der Waals surface area contributed by atoms with Crippen LogP contribution in [-0.4, -0.2) is 18.2 Å². The Kier molecular flexibility index (Phi) is 3.75. The number of halogens is 3. The van der Waals surface area contributed by atoms with E-state index in [1.165, 1.54) is 12.1 Å². The first-order valence-electron chi connectivity index (χ1n) is 4.78. The molecule has 0 unspecified atom stereocenters. The average molecular weight is 307 g/mol. The zero-order valence-electron chi connectivity index (χ0n) is 8.78. The van der Waals surface area contributed by atoms with Gasteiger partial charge in [-0.05, 0) is 12.1 Å². The minimum atomic E-state index is -0.342. The normalized spacial score (nSPS) is 14.7. The van der Waals surface area contributed by atoms with Gasteiger partial charge in [-0.1, -0.05) is 34.8 Å². The fourth-order valence-electron chi connectivity index (χ4n) is 1.49. The van der Waals surface area contributed by atoms with Crippen LogP contribution < -0.4 is 10.3 Å². The van der Waals surface area contributed by atoms with Crippen molar-refractivity contribution in [3.8, 4) is 0 Å². The van der Waals surface area contributed by atoms with Crippen molar-refractivity contribution in [3.63, 3.8) is 0 Å². The fourth-order valence-corrected chi connectivity index (χ4v) is 2.47. The Balaban J connectivity index is 2.43. The lowest BCUT2D eigenvalue weighted by Gasteiger charge is -2.15. The maximum atomic E-state index is 11.8. The molecule has 0 saturated heterocycles. The maximum absolute atomic E-state index is 11.8. The Morgan fingerprint density at radius 3 is 2.44 bits per heavy atom. The summed E-state index contributed by atoms with van der Waals surface area (Å²) in [6.45, 7) is 0. The SMILES string of the molecule is O=CNC1=NN(c2c(Cl)cc(Cl)cc2Cl)C(=O)C1. The van der Waals surface area contributed by atoms with Crippen LogP contribution in [-0.2, 0) is 9.59 Å². The van der Waals surface area contributed by atoms with Crippen LogP contribution in [0.5, 0.6) is 0 Å². The molecule has 0 spiro atoms. The Bertz CT molecular complexity index is 536. The number of carbonyl (C=O) groups excluding carboxylic acids is 2. The molecule has 1 aliphatic rings. The summed E-state index contributed by atoms with van der Waals surface area (Å²) in [5, 5.41) is 8.06. The van der Waals surface area contributed by atoms with Crippen LogP contribution in [0.15, 0.2) is 17.2 Å². The standard InChI is InChI=1S/C10H6Cl3N3O2/c11-5-1-6(12)10(7(13)2-5)16-9(18)3-8(15-16)14-4-17/h1-2,4H,3H2,(H,14,15,17). The zero-order valence-corrected chi connectivity index (χ0v) is 11.1. The molecule has 0 aliphatic carbocycles. The van der Waals surface area contributed by atoms with E-state index in [1.807, 2.05) is 0 Å². The number of amides is 2. The van der Waals surface area contributed by atoms with E-state index < -0.39 is 0 Å². The highest BCUT2D eigenvalue weighted by atomic mass is 35.5. The van der Waals surface area contributed by atoms with E-state index in [4.69, 9.17) is 34.8 Å². The van der Waals surface area contributed by atoms with Crippen LogP contribution >= 0.6 is 34.8 Å². The second-order valence-electron chi connectivity index (χ2n) is 3.41. The summed E-state index contributed by atoms with van der Waals surface area (Å²) < 4.78 is 0. The molecule has 1 aromatic rings. The van der Waals surface area contributed by atoms with Gasteiger partial charge in [0.15, 0.2) is 0 Å². The van der Waals surface area contributed by atoms with Crippen molar-refractivity contribution in [2.24, 2.45) is 5.10 Å². The predicted octanol–water partition coefficient (Wildman–Crippen LogP) is 2.44. The first-order valence-corrected chi connectivity index (χ1v) is 5.91. The number of rotatable bonds is 2. The van der Waals surface area contributed by atoms with Crippen molar-refractivity contribution in [2.75, 3.05) is 5.01 Å². The van der Waals surface area contributed by atoms with Gasteiger partial charge in [0, 0.05) is 5.02 Å². The van der Waals surface area contributed by atoms with Crippen LogP contribution in [0.2, 0.25) is 15.1 Å². The van der Waals surface area contributed by atoms with Gasteiger partial charge < -0.3 is 5.32 Å². The first kappa shape index (κ1) is 13.1. The molecule has 0 atom stereocenters. The highest BCUT2D eigenvalue weighted by Crippen LogP contribution is 2.38. The number of nitrogens with one attached hydrogen (secondary N) is 1. The Hall–Kier alpha value is -1.30. The highest BCUT2D eigenvalue weighted by molar-refractivity contribution is 6.42. The summed E-state index contributed by atoms with van der Waals surface area (Å²) in [6, 6.07) is 2.91. The molecule has 1 heterocycles. The second kappa shape index (κ2) is 5.14. The third-order valence-corrected chi connectivity index (χ3v) is 2.99. The molecular weight excluding hydrogens is 300 g/mol. The molecule has 0 fully saturated rings. The van der Waals surface area contributed by atoms with E-state index in [2.05, 4.69) is 10.4 Å². The molecule has 2 amide bonds. The van der Waals surface area contributed by atoms with Gasteiger partial charge >= 0.3 is 0 Å². The van der Waals surface area contributed by atoms with Crippen LogP contribution in [0.4, 0.5) is 5.69 Å². The third-order valence-electron chi connectivity index (χ3n) is 2.19. The van der Waals surface area contributed by atoms with Gasteiger partial charge in [-0.2, -0.15) is 10.1 Å². The van der Waals surface area contributed by atoms with Crippen LogP contribution in [0.3, 0.4) is 0 Å². The van der Waals surface area contributed by atoms with Gasteiger partial charge in [-0.3, -0.25) is 9.59 Å². The molecule has 2 rings (SSSR count). The molecule has 94 valence electrons. The number of anilines is 1. The first-order chi connectivity index (χ1) is 8.52. The number of hydrazone groups is 1. The minimum Gasteiger partial charge on any atom is -0.315 e. The van der Waals surface area contributed by atoms with Crippen molar-refractivity contribution < 1.29 is 9.59 Å². The lowest BCUT2D eigenvalue weighted by Crippen LogP contribution is -2.21. The zero-order chi connectivity index (χ0) is 13.3. The van der Waals surface area contributed by atoms with Crippen LogP contribution in [0.25, 0.3) is 0 Å². The number of hydrogen-bond acceptors (Lipinski definition) is 3. The Morgan fingerprint density at radius 1 is 1.28 bits per heavy atom. The van der Waals surface area contributed by atoms with Gasteiger partial charge in [0.2, 0.25) is 6.41 Å². The topological polar surface area (TPSA) is 61.8 Å². The van der Waals surface area contributed by atoms with Crippen molar-refractivity contribution in [1.82, 2.24) is 5.32 Å². The van der Waals surface area contributed by atoms with Crippen molar-refractivity contribution in [2.45, 2.75) is 6.42 Å².